The van der Waals surface area contributed by atoms with Crippen molar-refractivity contribution in [3.8, 4) is 10.8 Å². The summed E-state index contributed by atoms with van der Waals surface area (Å²) in [7, 11) is 0. The zero-order valence-electron chi connectivity index (χ0n) is 12.0. The SMILES string of the molecule is CC(C)C[C@H](N)C(=O)NCc1coc(-c2cccs2)n1.Cl. The highest BCUT2D eigenvalue weighted by atomic mass is 35.5. The van der Waals surface area contributed by atoms with Gasteiger partial charge in [0, 0.05) is 0 Å². The van der Waals surface area contributed by atoms with E-state index in [0.717, 1.165) is 4.88 Å². The number of carbonyl (C=O) groups excluding carboxylic acids is 1. The Balaban J connectivity index is 0.00000220. The molecule has 0 spiro atoms. The van der Waals surface area contributed by atoms with Crippen LogP contribution in [0.2, 0.25) is 0 Å². The smallest absolute Gasteiger partial charge is 0.237 e. The highest BCUT2D eigenvalue weighted by Gasteiger charge is 2.15. The molecule has 2 heterocycles. The molecule has 0 saturated carbocycles. The Morgan fingerprint density at radius 1 is 1.52 bits per heavy atom. The maximum Gasteiger partial charge on any atom is 0.237 e. The maximum atomic E-state index is 11.8. The molecule has 5 nitrogen and oxygen atoms in total. The molecule has 3 N–H and O–H groups in total. The molecule has 0 aromatic carbocycles. The van der Waals surface area contributed by atoms with Crippen LogP contribution in [0, 0.1) is 5.92 Å². The fourth-order valence-corrected chi connectivity index (χ4v) is 2.48. The summed E-state index contributed by atoms with van der Waals surface area (Å²) >= 11 is 1.56. The molecule has 1 amide bonds. The first-order chi connectivity index (χ1) is 9.56. The summed E-state index contributed by atoms with van der Waals surface area (Å²) < 4.78 is 5.38. The van der Waals surface area contributed by atoms with Gasteiger partial charge < -0.3 is 15.5 Å². The summed E-state index contributed by atoms with van der Waals surface area (Å²) in [6.07, 6.45) is 2.23. The van der Waals surface area contributed by atoms with Gasteiger partial charge in [0.15, 0.2) is 0 Å². The zero-order valence-corrected chi connectivity index (χ0v) is 13.7. The number of hydrogen-bond donors (Lipinski definition) is 2. The molecule has 0 radical (unpaired) electrons. The molecule has 21 heavy (non-hydrogen) atoms. The van der Waals surface area contributed by atoms with Gasteiger partial charge in [-0.2, -0.15) is 0 Å². The highest BCUT2D eigenvalue weighted by molar-refractivity contribution is 7.13. The molecule has 0 bridgehead atoms. The van der Waals surface area contributed by atoms with Crippen molar-refractivity contribution in [3.05, 3.63) is 29.5 Å². The zero-order chi connectivity index (χ0) is 14.5. The molecule has 0 saturated heterocycles. The van der Waals surface area contributed by atoms with Gasteiger partial charge in [0.05, 0.1) is 23.2 Å². The van der Waals surface area contributed by atoms with Gasteiger partial charge in [-0.05, 0) is 23.8 Å². The van der Waals surface area contributed by atoms with Crippen molar-refractivity contribution in [2.75, 3.05) is 0 Å². The van der Waals surface area contributed by atoms with Gasteiger partial charge in [0.1, 0.15) is 6.26 Å². The van der Waals surface area contributed by atoms with Crippen LogP contribution in [0.25, 0.3) is 10.8 Å². The van der Waals surface area contributed by atoms with E-state index in [4.69, 9.17) is 10.2 Å². The number of halogens is 1. The standard InChI is InChI=1S/C14H19N3O2S.ClH/c1-9(2)6-11(15)13(18)16-7-10-8-19-14(17-10)12-4-3-5-20-12;/h3-5,8-9,11H,6-7,15H2,1-2H3,(H,16,18);1H/t11-;/m0./s1. The van der Waals surface area contributed by atoms with Gasteiger partial charge in [-0.3, -0.25) is 4.79 Å². The van der Waals surface area contributed by atoms with E-state index in [1.807, 2.05) is 31.4 Å². The summed E-state index contributed by atoms with van der Waals surface area (Å²) in [5, 5.41) is 4.74. The number of aromatic nitrogens is 1. The largest absolute Gasteiger partial charge is 0.443 e. The van der Waals surface area contributed by atoms with Gasteiger partial charge in [0.25, 0.3) is 0 Å². The van der Waals surface area contributed by atoms with Gasteiger partial charge in [0.2, 0.25) is 11.8 Å². The van der Waals surface area contributed by atoms with E-state index < -0.39 is 6.04 Å². The van der Waals surface area contributed by atoms with Crippen LogP contribution in [0.1, 0.15) is 26.0 Å². The lowest BCUT2D eigenvalue weighted by Gasteiger charge is -2.13. The van der Waals surface area contributed by atoms with Crippen molar-refractivity contribution in [2.45, 2.75) is 32.9 Å². The van der Waals surface area contributed by atoms with E-state index in [1.54, 1.807) is 17.6 Å². The summed E-state index contributed by atoms with van der Waals surface area (Å²) in [6.45, 7) is 4.41. The molecule has 0 aliphatic carbocycles. The van der Waals surface area contributed by atoms with Crippen LogP contribution in [-0.4, -0.2) is 16.9 Å². The number of rotatable bonds is 6. The van der Waals surface area contributed by atoms with Gasteiger partial charge in [-0.25, -0.2) is 4.98 Å². The fraction of sp³-hybridized carbons (Fsp3) is 0.429. The molecule has 2 rings (SSSR count). The molecule has 116 valence electrons. The average molecular weight is 330 g/mol. The first-order valence-electron chi connectivity index (χ1n) is 6.58. The molecule has 0 aliphatic rings. The molecule has 0 fully saturated rings. The lowest BCUT2D eigenvalue weighted by atomic mass is 10.0. The van der Waals surface area contributed by atoms with E-state index in [1.165, 1.54) is 0 Å². The highest BCUT2D eigenvalue weighted by Crippen LogP contribution is 2.23. The van der Waals surface area contributed by atoms with E-state index >= 15 is 0 Å². The number of thiophene rings is 1. The van der Waals surface area contributed by atoms with Crippen LogP contribution >= 0.6 is 23.7 Å². The van der Waals surface area contributed by atoms with Crippen LogP contribution in [0.4, 0.5) is 0 Å². The second-order valence-electron chi connectivity index (χ2n) is 5.08. The Hall–Kier alpha value is -1.37. The number of nitrogens with two attached hydrogens (primary N) is 1. The van der Waals surface area contributed by atoms with E-state index in [9.17, 15) is 4.79 Å². The Labute approximate surface area is 134 Å². The van der Waals surface area contributed by atoms with Gasteiger partial charge in [-0.15, -0.1) is 23.7 Å². The van der Waals surface area contributed by atoms with Crippen molar-refractivity contribution in [1.82, 2.24) is 10.3 Å². The number of nitrogens with zero attached hydrogens (tertiary/aromatic N) is 1. The number of oxazole rings is 1. The van der Waals surface area contributed by atoms with E-state index in [-0.39, 0.29) is 18.3 Å². The van der Waals surface area contributed by atoms with Crippen molar-refractivity contribution >= 4 is 29.7 Å². The van der Waals surface area contributed by atoms with Gasteiger partial charge >= 0.3 is 0 Å². The molecular weight excluding hydrogens is 310 g/mol. The lowest BCUT2D eigenvalue weighted by molar-refractivity contribution is -0.122. The van der Waals surface area contributed by atoms with Crippen molar-refractivity contribution < 1.29 is 9.21 Å². The molecular formula is C14H20ClN3O2S. The number of amides is 1. The summed E-state index contributed by atoms with van der Waals surface area (Å²) in [5.74, 6) is 0.823. The Kier molecular flexibility index (Phi) is 6.87. The summed E-state index contributed by atoms with van der Waals surface area (Å²) in [5.41, 5.74) is 6.50. The van der Waals surface area contributed by atoms with Crippen LogP contribution < -0.4 is 11.1 Å². The van der Waals surface area contributed by atoms with Crippen LogP contribution in [0.5, 0.6) is 0 Å². The van der Waals surface area contributed by atoms with E-state index in [0.29, 0.717) is 30.5 Å². The summed E-state index contributed by atoms with van der Waals surface area (Å²) in [6, 6.07) is 3.41. The third kappa shape index (κ3) is 5.15. The predicted octanol–water partition coefficient (Wildman–Crippen LogP) is 2.81. The molecule has 2 aromatic heterocycles. The van der Waals surface area contributed by atoms with E-state index in [2.05, 4.69) is 10.3 Å². The minimum Gasteiger partial charge on any atom is -0.443 e. The van der Waals surface area contributed by atoms with Gasteiger partial charge in [-0.1, -0.05) is 19.9 Å². The molecule has 2 aromatic rings. The first-order valence-corrected chi connectivity index (χ1v) is 7.45. The average Bonchev–Trinajstić information content (AvgIpc) is 3.05. The second-order valence-corrected chi connectivity index (χ2v) is 6.02. The first kappa shape index (κ1) is 17.7. The number of hydrogen-bond acceptors (Lipinski definition) is 5. The summed E-state index contributed by atoms with van der Waals surface area (Å²) in [4.78, 5) is 17.1. The monoisotopic (exact) mass is 329 g/mol. The van der Waals surface area contributed by atoms with Crippen LogP contribution in [-0.2, 0) is 11.3 Å². The molecule has 7 heteroatoms. The quantitative estimate of drug-likeness (QED) is 0.853. The van der Waals surface area contributed by atoms with Crippen LogP contribution in [0.15, 0.2) is 28.2 Å². The fourth-order valence-electron chi connectivity index (χ4n) is 1.83. The Morgan fingerprint density at radius 2 is 2.29 bits per heavy atom. The topological polar surface area (TPSA) is 81.2 Å². The molecule has 1 atom stereocenters. The molecule has 0 unspecified atom stereocenters. The molecule has 0 aliphatic heterocycles. The lowest BCUT2D eigenvalue weighted by Crippen LogP contribution is -2.41. The van der Waals surface area contributed by atoms with Crippen LogP contribution in [0.3, 0.4) is 0 Å². The van der Waals surface area contributed by atoms with Crippen molar-refractivity contribution in [1.29, 1.82) is 0 Å². The third-order valence-electron chi connectivity index (χ3n) is 2.79. The Morgan fingerprint density at radius 3 is 2.90 bits per heavy atom. The number of nitrogens with one attached hydrogen (secondary N) is 1. The van der Waals surface area contributed by atoms with Crippen molar-refractivity contribution in [2.24, 2.45) is 11.7 Å². The van der Waals surface area contributed by atoms with Crippen molar-refractivity contribution in [3.63, 3.8) is 0 Å². The minimum absolute atomic E-state index is 0. The minimum atomic E-state index is -0.473. The predicted molar refractivity (Wildman–Crippen MR) is 86.3 cm³/mol. The normalized spacial score (nSPS) is 12.0. The second kappa shape index (κ2) is 8.17. The Bertz CT molecular complexity index is 554. The maximum absolute atomic E-state index is 11.8. The third-order valence-corrected chi connectivity index (χ3v) is 3.65. The number of carbonyl (C=O) groups is 1.